The van der Waals surface area contributed by atoms with Crippen LogP contribution >= 0.6 is 0 Å². The Morgan fingerprint density at radius 2 is 2.04 bits per heavy atom. The monoisotopic (exact) mass is 320 g/mol. The first-order valence-corrected chi connectivity index (χ1v) is 7.75. The Hall–Kier alpha value is -2.08. The Kier molecular flexibility index (Phi) is 8.11. The van der Waals surface area contributed by atoms with Crippen molar-refractivity contribution in [1.29, 1.82) is 0 Å². The normalized spacial score (nSPS) is 12.7. The standard InChI is InChI=1S/C17H28N4O2/c1-13-8-6-7-9-15(13)14(2)20-17(18-10-11-23-5)19-12-16(22)21(3)4/h6-9,14H,10-12H2,1-5H3,(H2,18,19,20). The van der Waals surface area contributed by atoms with Crippen molar-refractivity contribution in [3.63, 3.8) is 0 Å². The second-order valence-electron chi connectivity index (χ2n) is 5.60. The fourth-order valence-electron chi connectivity index (χ4n) is 2.07. The van der Waals surface area contributed by atoms with Gasteiger partial charge in [-0.3, -0.25) is 4.79 Å². The molecule has 23 heavy (non-hydrogen) atoms. The molecule has 1 aromatic carbocycles. The molecule has 1 unspecified atom stereocenters. The SMILES string of the molecule is COCCNC(=NCC(=O)N(C)C)NC(C)c1ccccc1C. The number of methoxy groups -OCH3 is 1. The first-order valence-electron chi connectivity index (χ1n) is 7.75. The van der Waals surface area contributed by atoms with Crippen LogP contribution in [0.5, 0.6) is 0 Å². The van der Waals surface area contributed by atoms with Crippen LogP contribution in [-0.4, -0.2) is 57.7 Å². The lowest BCUT2D eigenvalue weighted by molar-refractivity contribution is -0.127. The number of amides is 1. The summed E-state index contributed by atoms with van der Waals surface area (Å²) in [5.74, 6) is 0.564. The Bertz CT molecular complexity index is 529. The minimum absolute atomic E-state index is 0.0404. The molecule has 0 saturated carbocycles. The number of nitrogens with zero attached hydrogens (tertiary/aromatic N) is 2. The Morgan fingerprint density at radius 1 is 1.35 bits per heavy atom. The number of carbonyl (C=O) groups excluding carboxylic acids is 1. The van der Waals surface area contributed by atoms with E-state index in [1.807, 2.05) is 12.1 Å². The Balaban J connectivity index is 2.76. The number of carbonyl (C=O) groups is 1. The van der Waals surface area contributed by atoms with Gasteiger partial charge in [0.2, 0.25) is 5.91 Å². The predicted octanol–water partition coefficient (Wildman–Crippen LogP) is 1.33. The van der Waals surface area contributed by atoms with Crippen LogP contribution in [0.4, 0.5) is 0 Å². The highest BCUT2D eigenvalue weighted by atomic mass is 16.5. The van der Waals surface area contributed by atoms with Gasteiger partial charge in [-0.05, 0) is 25.0 Å². The van der Waals surface area contributed by atoms with Gasteiger partial charge >= 0.3 is 0 Å². The van der Waals surface area contributed by atoms with Crippen LogP contribution in [0.3, 0.4) is 0 Å². The molecule has 0 radical (unpaired) electrons. The lowest BCUT2D eigenvalue weighted by atomic mass is 10.0. The minimum Gasteiger partial charge on any atom is -0.383 e. The molecule has 0 fully saturated rings. The number of aryl methyl sites for hydroxylation is 1. The van der Waals surface area contributed by atoms with Gasteiger partial charge in [-0.15, -0.1) is 0 Å². The number of benzene rings is 1. The molecule has 0 aliphatic carbocycles. The molecule has 0 heterocycles. The van der Waals surface area contributed by atoms with E-state index < -0.39 is 0 Å². The van der Waals surface area contributed by atoms with Crippen molar-refractivity contribution in [3.8, 4) is 0 Å². The molecule has 128 valence electrons. The summed E-state index contributed by atoms with van der Waals surface area (Å²) in [6.07, 6.45) is 0. The highest BCUT2D eigenvalue weighted by molar-refractivity contribution is 5.85. The van der Waals surface area contributed by atoms with Crippen molar-refractivity contribution in [2.24, 2.45) is 4.99 Å². The molecule has 0 bridgehead atoms. The number of hydrogen-bond acceptors (Lipinski definition) is 3. The van der Waals surface area contributed by atoms with E-state index in [-0.39, 0.29) is 18.5 Å². The van der Waals surface area contributed by atoms with Crippen molar-refractivity contribution in [2.75, 3.05) is 40.9 Å². The average Bonchev–Trinajstić information content (AvgIpc) is 2.52. The molecule has 1 rings (SSSR count). The molecule has 1 amide bonds. The third kappa shape index (κ3) is 6.69. The smallest absolute Gasteiger partial charge is 0.243 e. The minimum atomic E-state index is -0.0404. The molecular weight excluding hydrogens is 292 g/mol. The number of guanidine groups is 1. The molecule has 1 aromatic rings. The van der Waals surface area contributed by atoms with Gasteiger partial charge in [0.25, 0.3) is 0 Å². The molecular formula is C17H28N4O2. The maximum absolute atomic E-state index is 11.7. The van der Waals surface area contributed by atoms with Gasteiger partial charge in [-0.2, -0.15) is 0 Å². The van der Waals surface area contributed by atoms with E-state index in [4.69, 9.17) is 4.74 Å². The first-order chi connectivity index (χ1) is 11.0. The summed E-state index contributed by atoms with van der Waals surface area (Å²) in [6, 6.07) is 8.29. The first kappa shape index (κ1) is 19.0. The van der Waals surface area contributed by atoms with E-state index >= 15 is 0 Å². The fraction of sp³-hybridized carbons (Fsp3) is 0.529. The zero-order valence-electron chi connectivity index (χ0n) is 14.7. The second-order valence-corrected chi connectivity index (χ2v) is 5.60. The van der Waals surface area contributed by atoms with E-state index in [0.717, 1.165) is 0 Å². The molecule has 1 atom stereocenters. The molecule has 0 spiro atoms. The van der Waals surface area contributed by atoms with E-state index in [2.05, 4.69) is 41.6 Å². The van der Waals surface area contributed by atoms with Gasteiger partial charge in [0.15, 0.2) is 5.96 Å². The van der Waals surface area contributed by atoms with Crippen LogP contribution in [0.1, 0.15) is 24.1 Å². The number of likely N-dealkylation sites (N-methyl/N-ethyl adjacent to an activating group) is 1. The number of rotatable bonds is 7. The van der Waals surface area contributed by atoms with E-state index in [0.29, 0.717) is 19.1 Å². The summed E-state index contributed by atoms with van der Waals surface area (Å²) in [4.78, 5) is 17.6. The van der Waals surface area contributed by atoms with Crippen LogP contribution in [0, 0.1) is 6.92 Å². The maximum Gasteiger partial charge on any atom is 0.243 e. The van der Waals surface area contributed by atoms with Gasteiger partial charge in [0.05, 0.1) is 12.6 Å². The summed E-state index contributed by atoms with van der Waals surface area (Å²) < 4.78 is 5.04. The largest absolute Gasteiger partial charge is 0.383 e. The maximum atomic E-state index is 11.7. The molecule has 2 N–H and O–H groups in total. The van der Waals surface area contributed by atoms with Crippen molar-refractivity contribution in [2.45, 2.75) is 19.9 Å². The summed E-state index contributed by atoms with van der Waals surface area (Å²) in [5.41, 5.74) is 2.42. The Labute approximate surface area is 138 Å². The van der Waals surface area contributed by atoms with Gasteiger partial charge in [-0.25, -0.2) is 4.99 Å². The fourth-order valence-corrected chi connectivity index (χ4v) is 2.07. The second kappa shape index (κ2) is 9.84. The average molecular weight is 320 g/mol. The van der Waals surface area contributed by atoms with Crippen LogP contribution < -0.4 is 10.6 Å². The van der Waals surface area contributed by atoms with Gasteiger partial charge in [0, 0.05) is 27.7 Å². The van der Waals surface area contributed by atoms with Crippen LogP contribution in [0.25, 0.3) is 0 Å². The number of aliphatic imine (C=N–C) groups is 1. The summed E-state index contributed by atoms with van der Waals surface area (Å²) in [6.45, 7) is 5.46. The topological polar surface area (TPSA) is 66.0 Å². The number of ether oxygens (including phenoxy) is 1. The van der Waals surface area contributed by atoms with Crippen molar-refractivity contribution < 1.29 is 9.53 Å². The summed E-state index contributed by atoms with van der Waals surface area (Å²) >= 11 is 0. The van der Waals surface area contributed by atoms with Gasteiger partial charge in [0.1, 0.15) is 6.54 Å². The molecule has 6 heteroatoms. The number of nitrogens with one attached hydrogen (secondary N) is 2. The van der Waals surface area contributed by atoms with Crippen LogP contribution in [0.15, 0.2) is 29.3 Å². The summed E-state index contributed by atoms with van der Waals surface area (Å²) in [7, 11) is 5.09. The van der Waals surface area contributed by atoms with E-state index in [1.165, 1.54) is 16.0 Å². The predicted molar refractivity (Wildman–Crippen MR) is 93.6 cm³/mol. The third-order valence-corrected chi connectivity index (χ3v) is 3.48. The lowest BCUT2D eigenvalue weighted by Gasteiger charge is -2.20. The Morgan fingerprint density at radius 3 is 2.65 bits per heavy atom. The quantitative estimate of drug-likeness (QED) is 0.452. The molecule has 0 aliphatic rings. The number of hydrogen-bond donors (Lipinski definition) is 2. The highest BCUT2D eigenvalue weighted by Crippen LogP contribution is 2.16. The van der Waals surface area contributed by atoms with Crippen LogP contribution in [-0.2, 0) is 9.53 Å². The van der Waals surface area contributed by atoms with Gasteiger partial charge < -0.3 is 20.3 Å². The molecule has 0 saturated heterocycles. The van der Waals surface area contributed by atoms with Crippen LogP contribution in [0.2, 0.25) is 0 Å². The summed E-state index contributed by atoms with van der Waals surface area (Å²) in [5, 5.41) is 6.52. The van der Waals surface area contributed by atoms with E-state index in [1.54, 1.807) is 21.2 Å². The molecule has 0 aromatic heterocycles. The van der Waals surface area contributed by atoms with Crippen molar-refractivity contribution in [3.05, 3.63) is 35.4 Å². The third-order valence-electron chi connectivity index (χ3n) is 3.48. The van der Waals surface area contributed by atoms with Crippen molar-refractivity contribution >= 4 is 11.9 Å². The zero-order valence-corrected chi connectivity index (χ0v) is 14.7. The zero-order chi connectivity index (χ0) is 17.2. The van der Waals surface area contributed by atoms with E-state index in [9.17, 15) is 4.79 Å². The molecule has 6 nitrogen and oxygen atoms in total. The molecule has 0 aliphatic heterocycles. The van der Waals surface area contributed by atoms with Gasteiger partial charge in [-0.1, -0.05) is 24.3 Å². The van der Waals surface area contributed by atoms with Crippen molar-refractivity contribution in [1.82, 2.24) is 15.5 Å². The highest BCUT2D eigenvalue weighted by Gasteiger charge is 2.11. The lowest BCUT2D eigenvalue weighted by Crippen LogP contribution is -2.41.